The van der Waals surface area contributed by atoms with Gasteiger partial charge in [0, 0.05) is 41.2 Å². The van der Waals surface area contributed by atoms with Crippen LogP contribution < -0.4 is 15.8 Å². The van der Waals surface area contributed by atoms with Gasteiger partial charge in [0.15, 0.2) is 0 Å². The molecule has 7 nitrogen and oxygen atoms in total. The van der Waals surface area contributed by atoms with Gasteiger partial charge < -0.3 is 15.2 Å². The molecule has 34 heavy (non-hydrogen) atoms. The zero-order chi connectivity index (χ0) is 24.1. The van der Waals surface area contributed by atoms with Gasteiger partial charge in [-0.3, -0.25) is 14.6 Å². The molecule has 0 radical (unpaired) electrons. The van der Waals surface area contributed by atoms with Crippen molar-refractivity contribution in [1.82, 2.24) is 20.3 Å². The average molecular weight is 516 g/mol. The van der Waals surface area contributed by atoms with Gasteiger partial charge in [-0.05, 0) is 66.6 Å². The number of nitrogens with zero attached hydrogens (tertiary/aromatic N) is 3. The van der Waals surface area contributed by atoms with Crippen LogP contribution >= 0.6 is 15.9 Å². The minimum absolute atomic E-state index is 0.161. The molecular weight excluding hydrogens is 494 g/mol. The maximum atomic E-state index is 12.5. The highest BCUT2D eigenvalue weighted by molar-refractivity contribution is 9.10. The molecule has 0 bridgehead atoms. The first kappa shape index (κ1) is 23.2. The molecule has 0 atom stereocenters. The van der Waals surface area contributed by atoms with Gasteiger partial charge >= 0.3 is 0 Å². The number of aromatic amines is 1. The van der Waals surface area contributed by atoms with Crippen LogP contribution in [0.1, 0.15) is 27.3 Å². The third-order valence-corrected chi connectivity index (χ3v) is 6.07. The molecule has 0 aliphatic rings. The van der Waals surface area contributed by atoms with E-state index in [1.54, 1.807) is 31.5 Å². The van der Waals surface area contributed by atoms with E-state index in [-0.39, 0.29) is 11.5 Å². The second-order valence-corrected chi connectivity index (χ2v) is 8.61. The van der Waals surface area contributed by atoms with Crippen molar-refractivity contribution in [1.29, 1.82) is 0 Å². The quantitative estimate of drug-likeness (QED) is 0.363. The van der Waals surface area contributed by atoms with Gasteiger partial charge in [0.1, 0.15) is 5.82 Å². The molecule has 0 saturated carbocycles. The largest absolute Gasteiger partial charge is 0.356 e. The predicted molar refractivity (Wildman–Crippen MR) is 137 cm³/mol. The summed E-state index contributed by atoms with van der Waals surface area (Å²) in [4.78, 5) is 38.0. The second kappa shape index (κ2) is 10.3. The van der Waals surface area contributed by atoms with Crippen molar-refractivity contribution < 1.29 is 4.79 Å². The number of benzene rings is 2. The molecule has 0 saturated heterocycles. The summed E-state index contributed by atoms with van der Waals surface area (Å²) in [6.45, 7) is 3.01. The molecule has 2 N–H and O–H groups in total. The Bertz CT molecular complexity index is 1430. The monoisotopic (exact) mass is 515 g/mol. The summed E-state index contributed by atoms with van der Waals surface area (Å²) in [6.07, 6.45) is 9.01. The van der Waals surface area contributed by atoms with Crippen molar-refractivity contribution >= 4 is 38.4 Å². The summed E-state index contributed by atoms with van der Waals surface area (Å²) < 4.78 is 0.839. The molecule has 170 valence electrons. The maximum Gasteiger partial charge on any atom is 0.258 e. The summed E-state index contributed by atoms with van der Waals surface area (Å²) in [6, 6.07) is 14.7. The first-order valence-electron chi connectivity index (χ1n) is 10.6. The highest BCUT2D eigenvalue weighted by Gasteiger charge is 2.13. The fourth-order valence-electron chi connectivity index (χ4n) is 3.61. The van der Waals surface area contributed by atoms with Crippen LogP contribution in [-0.4, -0.2) is 27.4 Å². The van der Waals surface area contributed by atoms with Gasteiger partial charge in [0.05, 0.1) is 17.4 Å². The fourth-order valence-corrected chi connectivity index (χ4v) is 4.06. The molecule has 2 aromatic heterocycles. The topological polar surface area (TPSA) is 91.0 Å². The Morgan fingerprint density at radius 3 is 2.62 bits per heavy atom. The highest BCUT2D eigenvalue weighted by Crippen LogP contribution is 2.25. The smallest absolute Gasteiger partial charge is 0.258 e. The molecule has 0 aliphatic carbocycles. The molecule has 0 fully saturated rings. The van der Waals surface area contributed by atoms with Crippen molar-refractivity contribution in [3.63, 3.8) is 0 Å². The standard InChI is InChI=1S/C26H22BrN5O2/c1-3-12-32(16-20-13-22-24(14-23(20)27)30-17(2)31-26(22)34)21-6-4-19(5-7-21)25(33)29-15-18-8-10-28-11-9-18/h1,4-11,13-14H,12,15-16H2,2H3,(H,29,33)(H,30,31,34). The van der Waals surface area contributed by atoms with E-state index < -0.39 is 0 Å². The number of pyridine rings is 1. The Morgan fingerprint density at radius 2 is 1.91 bits per heavy atom. The molecule has 0 unspecified atom stereocenters. The van der Waals surface area contributed by atoms with Crippen LogP contribution in [0.15, 0.2) is 70.2 Å². The van der Waals surface area contributed by atoms with Gasteiger partial charge in [-0.15, -0.1) is 6.42 Å². The molecule has 8 heteroatoms. The lowest BCUT2D eigenvalue weighted by Gasteiger charge is -2.23. The maximum absolute atomic E-state index is 12.5. The van der Waals surface area contributed by atoms with Crippen molar-refractivity contribution in [2.24, 2.45) is 0 Å². The zero-order valence-corrected chi connectivity index (χ0v) is 20.1. The number of fused-ring (bicyclic) bond motifs is 1. The number of aryl methyl sites for hydroxylation is 1. The van der Waals surface area contributed by atoms with Gasteiger partial charge in [-0.25, -0.2) is 4.98 Å². The molecule has 0 aliphatic heterocycles. The first-order valence-corrected chi connectivity index (χ1v) is 11.4. The van der Waals surface area contributed by atoms with Crippen molar-refractivity contribution in [2.75, 3.05) is 11.4 Å². The van der Waals surface area contributed by atoms with Gasteiger partial charge in [-0.2, -0.15) is 0 Å². The Hall–Kier alpha value is -3.96. The number of amides is 1. The minimum Gasteiger partial charge on any atom is -0.356 e. The van der Waals surface area contributed by atoms with Crippen molar-refractivity contribution in [3.05, 3.63) is 98.3 Å². The third kappa shape index (κ3) is 5.33. The zero-order valence-electron chi connectivity index (χ0n) is 18.5. The summed E-state index contributed by atoms with van der Waals surface area (Å²) in [5.74, 6) is 3.09. The van der Waals surface area contributed by atoms with Crippen LogP contribution in [0, 0.1) is 19.3 Å². The Kier molecular flexibility index (Phi) is 7.04. The van der Waals surface area contributed by atoms with E-state index in [1.807, 2.05) is 41.3 Å². The van der Waals surface area contributed by atoms with E-state index in [4.69, 9.17) is 6.42 Å². The summed E-state index contributed by atoms with van der Waals surface area (Å²) in [5, 5.41) is 3.42. The number of hydrogen-bond donors (Lipinski definition) is 2. The number of carbonyl (C=O) groups is 1. The molecule has 0 spiro atoms. The number of nitrogens with one attached hydrogen (secondary N) is 2. The van der Waals surface area contributed by atoms with E-state index in [2.05, 4.69) is 42.1 Å². The Morgan fingerprint density at radius 1 is 1.18 bits per heavy atom. The summed E-state index contributed by atoms with van der Waals surface area (Å²) in [7, 11) is 0. The summed E-state index contributed by atoms with van der Waals surface area (Å²) >= 11 is 3.60. The lowest BCUT2D eigenvalue weighted by Crippen LogP contribution is -2.24. The average Bonchev–Trinajstić information content (AvgIpc) is 2.83. The fraction of sp³-hybridized carbons (Fsp3) is 0.154. The number of rotatable bonds is 7. The van der Waals surface area contributed by atoms with E-state index in [1.165, 1.54) is 0 Å². The van der Waals surface area contributed by atoms with Crippen LogP contribution in [-0.2, 0) is 13.1 Å². The number of hydrogen-bond acceptors (Lipinski definition) is 5. The second-order valence-electron chi connectivity index (χ2n) is 7.76. The van der Waals surface area contributed by atoms with Crippen molar-refractivity contribution in [2.45, 2.75) is 20.0 Å². The summed E-state index contributed by atoms with van der Waals surface area (Å²) in [5.41, 5.74) is 3.75. The number of anilines is 1. The van der Waals surface area contributed by atoms with E-state index in [0.717, 1.165) is 21.3 Å². The minimum atomic E-state index is -0.179. The first-order chi connectivity index (χ1) is 16.4. The number of halogens is 1. The third-order valence-electron chi connectivity index (χ3n) is 5.33. The Labute approximate surface area is 205 Å². The normalized spacial score (nSPS) is 10.6. The van der Waals surface area contributed by atoms with E-state index in [0.29, 0.717) is 41.9 Å². The molecule has 4 aromatic rings. The number of terminal acetylenes is 1. The van der Waals surface area contributed by atoms with Crippen LogP contribution in [0.3, 0.4) is 0 Å². The highest BCUT2D eigenvalue weighted by atomic mass is 79.9. The Balaban J connectivity index is 1.52. The van der Waals surface area contributed by atoms with Crippen LogP contribution in [0.4, 0.5) is 5.69 Å². The lowest BCUT2D eigenvalue weighted by molar-refractivity contribution is 0.0951. The van der Waals surface area contributed by atoms with Gasteiger partial charge in [0.25, 0.3) is 11.5 Å². The number of H-pyrrole nitrogens is 1. The molecule has 1 amide bonds. The SMILES string of the molecule is C#CCN(Cc1cc2c(=O)[nH]c(C)nc2cc1Br)c1ccc(C(=O)NCc2ccncc2)cc1. The predicted octanol–water partition coefficient (Wildman–Crippen LogP) is 3.96. The van der Waals surface area contributed by atoms with E-state index >= 15 is 0 Å². The molecule has 2 aromatic carbocycles. The molecule has 2 heterocycles. The van der Waals surface area contributed by atoms with Crippen LogP contribution in [0.5, 0.6) is 0 Å². The number of carbonyl (C=O) groups excluding carboxylic acids is 1. The lowest BCUT2D eigenvalue weighted by atomic mass is 10.1. The van der Waals surface area contributed by atoms with Gasteiger partial charge in [0.2, 0.25) is 0 Å². The van der Waals surface area contributed by atoms with Gasteiger partial charge in [-0.1, -0.05) is 21.9 Å². The molecule has 4 rings (SSSR count). The molecular formula is C26H22BrN5O2. The van der Waals surface area contributed by atoms with Crippen LogP contribution in [0.2, 0.25) is 0 Å². The van der Waals surface area contributed by atoms with Crippen LogP contribution in [0.25, 0.3) is 10.9 Å². The number of aromatic nitrogens is 3. The van der Waals surface area contributed by atoms with E-state index in [9.17, 15) is 9.59 Å². The van der Waals surface area contributed by atoms with Crippen molar-refractivity contribution in [3.8, 4) is 12.3 Å².